The molecule has 2 atom stereocenters. The van der Waals surface area contributed by atoms with E-state index in [1.165, 1.54) is 0 Å². The summed E-state index contributed by atoms with van der Waals surface area (Å²) in [6, 6.07) is 5.72. The van der Waals surface area contributed by atoms with Crippen molar-refractivity contribution in [2.24, 2.45) is 0 Å². The molecule has 1 aromatic carbocycles. The van der Waals surface area contributed by atoms with Crippen molar-refractivity contribution in [1.29, 1.82) is 0 Å². The molecule has 108 valence electrons. The highest BCUT2D eigenvalue weighted by Gasteiger charge is 2.24. The third-order valence-corrected chi connectivity index (χ3v) is 4.40. The number of ether oxygens (including phenoxy) is 1. The van der Waals surface area contributed by atoms with Gasteiger partial charge < -0.3 is 9.15 Å². The maximum Gasteiger partial charge on any atom is 0.419 e. The molecule has 1 saturated heterocycles. The Morgan fingerprint density at radius 3 is 3.00 bits per heavy atom. The number of oxazole rings is 1. The van der Waals surface area contributed by atoms with E-state index in [-0.39, 0.29) is 17.2 Å². The van der Waals surface area contributed by atoms with Crippen molar-refractivity contribution in [1.82, 2.24) is 4.57 Å². The molecule has 1 aliphatic heterocycles. The summed E-state index contributed by atoms with van der Waals surface area (Å²) in [5.74, 6) is -0.320. The first-order valence-electron chi connectivity index (χ1n) is 7.09. The highest BCUT2D eigenvalue weighted by atomic mass is 35.5. The summed E-state index contributed by atoms with van der Waals surface area (Å²) in [6.45, 7) is 3.29. The molecule has 0 amide bonds. The Labute approximate surface area is 122 Å². The number of benzene rings is 1. The van der Waals surface area contributed by atoms with Crippen LogP contribution in [-0.4, -0.2) is 17.3 Å². The molecule has 2 aromatic rings. The van der Waals surface area contributed by atoms with Crippen molar-refractivity contribution < 1.29 is 9.15 Å². The standard InChI is InChI=1S/C15H18ClNO3/c1-2-17-11-7-6-10(9-13(11)20-15(17)18)14(16)12-5-3-4-8-19-12/h6-7,9,12,14H,2-5,8H2,1H3. The van der Waals surface area contributed by atoms with Crippen molar-refractivity contribution in [3.8, 4) is 0 Å². The SMILES string of the molecule is CCn1c(=O)oc2cc(C(Cl)C3CCCCO3)ccc21. The average molecular weight is 296 g/mol. The Bertz CT molecular complexity index is 655. The smallest absolute Gasteiger partial charge is 0.408 e. The van der Waals surface area contributed by atoms with Gasteiger partial charge in [-0.3, -0.25) is 4.57 Å². The van der Waals surface area contributed by atoms with Crippen LogP contribution in [0.15, 0.2) is 27.4 Å². The van der Waals surface area contributed by atoms with Crippen LogP contribution in [0.2, 0.25) is 0 Å². The van der Waals surface area contributed by atoms with Crippen LogP contribution >= 0.6 is 11.6 Å². The first-order chi connectivity index (χ1) is 9.70. The molecule has 0 saturated carbocycles. The van der Waals surface area contributed by atoms with Gasteiger partial charge in [-0.05, 0) is 43.9 Å². The van der Waals surface area contributed by atoms with Gasteiger partial charge in [-0.2, -0.15) is 0 Å². The Kier molecular flexibility index (Phi) is 3.85. The molecular weight excluding hydrogens is 278 g/mol. The Hall–Kier alpha value is -1.26. The minimum atomic E-state index is -0.320. The van der Waals surface area contributed by atoms with Gasteiger partial charge in [0.2, 0.25) is 0 Å². The largest absolute Gasteiger partial charge is 0.419 e. The van der Waals surface area contributed by atoms with Crippen LogP contribution in [0.1, 0.15) is 37.1 Å². The van der Waals surface area contributed by atoms with Gasteiger partial charge in [0.1, 0.15) is 0 Å². The van der Waals surface area contributed by atoms with E-state index in [2.05, 4.69) is 0 Å². The molecule has 1 aliphatic rings. The van der Waals surface area contributed by atoms with Crippen molar-refractivity contribution >= 4 is 22.7 Å². The summed E-state index contributed by atoms with van der Waals surface area (Å²) in [7, 11) is 0. The van der Waals surface area contributed by atoms with Crippen LogP contribution in [-0.2, 0) is 11.3 Å². The highest BCUT2D eigenvalue weighted by molar-refractivity contribution is 6.21. The fourth-order valence-electron chi connectivity index (χ4n) is 2.77. The zero-order valence-corrected chi connectivity index (χ0v) is 12.2. The van der Waals surface area contributed by atoms with E-state index in [0.29, 0.717) is 12.1 Å². The van der Waals surface area contributed by atoms with E-state index in [9.17, 15) is 4.79 Å². The van der Waals surface area contributed by atoms with Crippen LogP contribution in [0, 0.1) is 0 Å². The number of halogens is 1. The summed E-state index contributed by atoms with van der Waals surface area (Å²) in [4.78, 5) is 11.7. The van der Waals surface area contributed by atoms with E-state index in [1.807, 2.05) is 25.1 Å². The van der Waals surface area contributed by atoms with Crippen molar-refractivity contribution in [2.45, 2.75) is 44.2 Å². The first-order valence-corrected chi connectivity index (χ1v) is 7.53. The van der Waals surface area contributed by atoms with E-state index < -0.39 is 0 Å². The summed E-state index contributed by atoms with van der Waals surface area (Å²) >= 11 is 6.51. The lowest BCUT2D eigenvalue weighted by atomic mass is 10.0. The first kappa shape index (κ1) is 13.7. The lowest BCUT2D eigenvalue weighted by molar-refractivity contribution is 0.0136. The van der Waals surface area contributed by atoms with Crippen molar-refractivity contribution in [3.63, 3.8) is 0 Å². The van der Waals surface area contributed by atoms with Crippen LogP contribution in [0.3, 0.4) is 0 Å². The third-order valence-electron chi connectivity index (χ3n) is 3.87. The Morgan fingerprint density at radius 1 is 1.45 bits per heavy atom. The predicted molar refractivity (Wildman–Crippen MR) is 78.3 cm³/mol. The number of fused-ring (bicyclic) bond motifs is 1. The second-order valence-electron chi connectivity index (χ2n) is 5.15. The molecule has 2 heterocycles. The van der Waals surface area contributed by atoms with Gasteiger partial charge in [0.25, 0.3) is 0 Å². The van der Waals surface area contributed by atoms with Crippen molar-refractivity contribution in [2.75, 3.05) is 6.61 Å². The number of nitrogens with zero attached hydrogens (tertiary/aromatic N) is 1. The average Bonchev–Trinajstić information content (AvgIpc) is 2.81. The lowest BCUT2D eigenvalue weighted by Crippen LogP contribution is -2.23. The molecule has 5 heteroatoms. The van der Waals surface area contributed by atoms with Crippen LogP contribution < -0.4 is 5.76 Å². The lowest BCUT2D eigenvalue weighted by Gasteiger charge is -2.26. The van der Waals surface area contributed by atoms with Gasteiger partial charge in [-0.1, -0.05) is 6.07 Å². The van der Waals surface area contributed by atoms with Crippen LogP contribution in [0.5, 0.6) is 0 Å². The molecule has 20 heavy (non-hydrogen) atoms. The summed E-state index contributed by atoms with van der Waals surface area (Å²) in [5, 5.41) is -0.199. The molecule has 1 aromatic heterocycles. The van der Waals surface area contributed by atoms with Crippen molar-refractivity contribution in [3.05, 3.63) is 34.3 Å². The molecule has 3 rings (SSSR count). The molecule has 4 nitrogen and oxygen atoms in total. The molecule has 0 aliphatic carbocycles. The van der Waals surface area contributed by atoms with E-state index >= 15 is 0 Å². The summed E-state index contributed by atoms with van der Waals surface area (Å²) in [6.07, 6.45) is 3.28. The number of aromatic nitrogens is 1. The van der Waals surface area contributed by atoms with Gasteiger partial charge in [0.05, 0.1) is 17.0 Å². The second-order valence-corrected chi connectivity index (χ2v) is 5.62. The second kappa shape index (κ2) is 5.62. The molecule has 0 N–H and O–H groups in total. The van der Waals surface area contributed by atoms with Gasteiger partial charge in [0, 0.05) is 13.2 Å². The van der Waals surface area contributed by atoms with Gasteiger partial charge in [-0.25, -0.2) is 4.79 Å². The topological polar surface area (TPSA) is 44.4 Å². The van der Waals surface area contributed by atoms with Gasteiger partial charge in [-0.15, -0.1) is 11.6 Å². The maximum atomic E-state index is 11.7. The minimum absolute atomic E-state index is 0.0443. The number of hydrogen-bond donors (Lipinski definition) is 0. The maximum absolute atomic E-state index is 11.7. The minimum Gasteiger partial charge on any atom is -0.408 e. The van der Waals surface area contributed by atoms with E-state index in [1.54, 1.807) is 4.57 Å². The molecule has 1 fully saturated rings. The fourth-order valence-corrected chi connectivity index (χ4v) is 3.10. The Morgan fingerprint density at radius 2 is 2.30 bits per heavy atom. The molecule has 2 unspecified atom stereocenters. The molecule has 0 radical (unpaired) electrons. The number of alkyl halides is 1. The number of hydrogen-bond acceptors (Lipinski definition) is 3. The highest BCUT2D eigenvalue weighted by Crippen LogP contribution is 2.33. The van der Waals surface area contributed by atoms with Gasteiger partial charge >= 0.3 is 5.76 Å². The Balaban J connectivity index is 1.94. The number of rotatable bonds is 3. The summed E-state index contributed by atoms with van der Waals surface area (Å²) in [5.41, 5.74) is 2.36. The molecule has 0 spiro atoms. The monoisotopic (exact) mass is 295 g/mol. The summed E-state index contributed by atoms with van der Waals surface area (Å²) < 4.78 is 12.6. The zero-order valence-electron chi connectivity index (χ0n) is 11.5. The van der Waals surface area contributed by atoms with E-state index in [0.717, 1.165) is 36.9 Å². The van der Waals surface area contributed by atoms with E-state index in [4.69, 9.17) is 20.8 Å². The molecular formula is C15H18ClNO3. The normalized spacial score (nSPS) is 21.2. The fraction of sp³-hybridized carbons (Fsp3) is 0.533. The van der Waals surface area contributed by atoms with Crippen LogP contribution in [0.4, 0.5) is 0 Å². The zero-order chi connectivity index (χ0) is 14.1. The third kappa shape index (κ3) is 2.38. The molecule has 0 bridgehead atoms. The number of aryl methyl sites for hydroxylation is 1. The predicted octanol–water partition coefficient (Wildman–Crippen LogP) is 3.46. The quantitative estimate of drug-likeness (QED) is 0.815. The van der Waals surface area contributed by atoms with Crippen LogP contribution in [0.25, 0.3) is 11.1 Å². The van der Waals surface area contributed by atoms with Gasteiger partial charge in [0.15, 0.2) is 5.58 Å².